The summed E-state index contributed by atoms with van der Waals surface area (Å²) in [6, 6.07) is 2.32. The summed E-state index contributed by atoms with van der Waals surface area (Å²) in [5, 5.41) is 12.4. The fourth-order valence-electron chi connectivity index (χ4n) is 3.52. The van der Waals surface area contributed by atoms with E-state index in [1.54, 1.807) is 0 Å². The zero-order chi connectivity index (χ0) is 24.1. The van der Waals surface area contributed by atoms with Gasteiger partial charge in [0.2, 0.25) is 0 Å². The summed E-state index contributed by atoms with van der Waals surface area (Å²) in [7, 11) is 4.76. The van der Waals surface area contributed by atoms with Gasteiger partial charge in [-0.3, -0.25) is 9.78 Å². The first-order valence-corrected chi connectivity index (χ1v) is 11.2. The van der Waals surface area contributed by atoms with Gasteiger partial charge in [0.25, 0.3) is 12.3 Å². The number of nitrogens with zero attached hydrogens (tertiary/aromatic N) is 4. The normalized spacial score (nSPS) is 19.6. The van der Waals surface area contributed by atoms with Crippen LogP contribution in [0.1, 0.15) is 34.5 Å². The second kappa shape index (κ2) is 10.8. The van der Waals surface area contributed by atoms with Gasteiger partial charge in [-0.25, -0.2) is 8.78 Å². The van der Waals surface area contributed by atoms with Gasteiger partial charge in [0, 0.05) is 30.6 Å². The third kappa shape index (κ3) is 5.89. The van der Waals surface area contributed by atoms with Crippen molar-refractivity contribution in [3.8, 4) is 6.07 Å². The maximum absolute atomic E-state index is 13.6. The second-order valence-corrected chi connectivity index (χ2v) is 8.91. The molecule has 2 unspecified atom stereocenters. The van der Waals surface area contributed by atoms with E-state index in [0.717, 1.165) is 12.8 Å². The summed E-state index contributed by atoms with van der Waals surface area (Å²) in [5.74, 6) is 0.129. The van der Waals surface area contributed by atoms with E-state index in [1.807, 2.05) is 13.1 Å². The van der Waals surface area contributed by atoms with E-state index >= 15 is 0 Å². The van der Waals surface area contributed by atoms with Crippen LogP contribution in [0.3, 0.4) is 0 Å². The number of nitriles is 1. The van der Waals surface area contributed by atoms with Crippen molar-refractivity contribution >= 4 is 28.4 Å². The van der Waals surface area contributed by atoms with Gasteiger partial charge < -0.3 is 20.7 Å². The van der Waals surface area contributed by atoms with Gasteiger partial charge in [0.1, 0.15) is 11.8 Å². The minimum atomic E-state index is -2.66. The molecule has 0 spiro atoms. The summed E-state index contributed by atoms with van der Waals surface area (Å²) in [5.41, 5.74) is 7.11. The average molecular weight is 477 g/mol. The number of aliphatic imine (C=N–C) groups is 1. The van der Waals surface area contributed by atoms with Crippen molar-refractivity contribution in [1.82, 2.24) is 15.2 Å². The lowest BCUT2D eigenvalue weighted by Crippen LogP contribution is -2.35. The number of thioether (sulfide) groups is 1. The molecule has 3 rings (SSSR count). The molecule has 11 heteroatoms. The number of aromatic nitrogens is 1. The largest absolute Gasteiger partial charge is 0.495 e. The zero-order valence-corrected chi connectivity index (χ0v) is 19.4. The molecule has 1 aromatic heterocycles. The van der Waals surface area contributed by atoms with E-state index in [4.69, 9.17) is 15.7 Å². The van der Waals surface area contributed by atoms with Crippen molar-refractivity contribution in [3.63, 3.8) is 0 Å². The first-order valence-electron chi connectivity index (χ1n) is 10.4. The Morgan fingerprint density at radius 3 is 2.82 bits per heavy atom. The maximum Gasteiger partial charge on any atom is 0.281 e. The highest BCUT2D eigenvalue weighted by molar-refractivity contribution is 8.14. The van der Waals surface area contributed by atoms with Gasteiger partial charge in [-0.2, -0.15) is 10.3 Å². The number of carbonyl (C=O) groups excluding carboxylic acids is 1. The molecular formula is C22H26F2N6O2S. The highest BCUT2D eigenvalue weighted by atomic mass is 32.2. The second-order valence-electron chi connectivity index (χ2n) is 7.74. The van der Waals surface area contributed by atoms with Crippen molar-refractivity contribution < 1.29 is 18.3 Å². The highest BCUT2D eigenvalue weighted by Crippen LogP contribution is 2.37. The molecular weight excluding hydrogens is 450 g/mol. The lowest BCUT2D eigenvalue weighted by atomic mass is 9.94. The number of methoxy groups -OCH3 is 1. The van der Waals surface area contributed by atoms with E-state index in [9.17, 15) is 13.6 Å². The molecule has 1 saturated carbocycles. The molecule has 33 heavy (non-hydrogen) atoms. The summed E-state index contributed by atoms with van der Waals surface area (Å²) < 4.78 is 32.7. The number of pyridine rings is 1. The molecule has 0 radical (unpaired) electrons. The lowest BCUT2D eigenvalue weighted by molar-refractivity contribution is 0.0780. The number of nitrogens with two attached hydrogens (primary N) is 1. The third-order valence-electron chi connectivity index (χ3n) is 5.41. The summed E-state index contributed by atoms with van der Waals surface area (Å²) >= 11 is 1.28. The first kappa shape index (κ1) is 24.7. The quantitative estimate of drug-likeness (QED) is 0.334. The molecule has 1 aromatic rings. The van der Waals surface area contributed by atoms with Crippen molar-refractivity contribution in [2.24, 2.45) is 16.6 Å². The zero-order valence-electron chi connectivity index (χ0n) is 18.6. The molecule has 0 saturated heterocycles. The van der Waals surface area contributed by atoms with Crippen LogP contribution in [0.4, 0.5) is 8.78 Å². The molecule has 176 valence electrons. The van der Waals surface area contributed by atoms with Crippen LogP contribution in [0.5, 0.6) is 0 Å². The standard InChI is InChI=1S/C22H26F2N6O2S/c1-27-21(12-4-5-12)33-22(26)29-20(31)16-10-28-13(6-7-25)8-14(16)15-9-17(19(23)24)30(2)11-18(15)32-3/h8-12,17,19,21,27H,4-6H2,1-3H3,(H2,26,29,31). The van der Waals surface area contributed by atoms with E-state index in [1.165, 1.54) is 55.4 Å². The van der Waals surface area contributed by atoms with E-state index in [0.29, 0.717) is 28.5 Å². The number of allylic oxidation sites excluding steroid dienone is 1. The Morgan fingerprint density at radius 2 is 2.24 bits per heavy atom. The molecule has 0 bridgehead atoms. The molecule has 8 nitrogen and oxygen atoms in total. The minimum absolute atomic E-state index is 0.00848. The van der Waals surface area contributed by atoms with Gasteiger partial charge in [0.05, 0.1) is 36.2 Å². The Labute approximate surface area is 195 Å². The Bertz CT molecular complexity index is 1030. The van der Waals surface area contributed by atoms with Crippen LogP contribution in [-0.2, 0) is 11.2 Å². The van der Waals surface area contributed by atoms with E-state index < -0.39 is 18.4 Å². The molecule has 0 aromatic carbocycles. The molecule has 1 aliphatic carbocycles. The molecule has 2 atom stereocenters. The van der Waals surface area contributed by atoms with E-state index in [2.05, 4.69) is 15.3 Å². The predicted molar refractivity (Wildman–Crippen MR) is 123 cm³/mol. The van der Waals surface area contributed by atoms with Crippen LogP contribution in [-0.4, -0.2) is 60.0 Å². The number of amidine groups is 1. The number of alkyl halides is 2. The van der Waals surface area contributed by atoms with Gasteiger partial charge >= 0.3 is 0 Å². The number of halogens is 2. The van der Waals surface area contributed by atoms with Crippen LogP contribution in [0, 0.1) is 17.2 Å². The number of ether oxygens (including phenoxy) is 1. The van der Waals surface area contributed by atoms with Crippen molar-refractivity contribution in [1.29, 1.82) is 5.26 Å². The smallest absolute Gasteiger partial charge is 0.281 e. The minimum Gasteiger partial charge on any atom is -0.495 e. The molecule has 1 fully saturated rings. The number of rotatable bonds is 8. The van der Waals surface area contributed by atoms with Crippen LogP contribution >= 0.6 is 11.8 Å². The van der Waals surface area contributed by atoms with Crippen LogP contribution < -0.4 is 11.1 Å². The number of carbonyl (C=O) groups is 1. The summed E-state index contributed by atoms with van der Waals surface area (Å²) in [6.07, 6.45) is 3.61. The predicted octanol–water partition coefficient (Wildman–Crippen LogP) is 2.74. The Hall–Kier alpha value is -2.97. The molecule has 2 aliphatic rings. The highest BCUT2D eigenvalue weighted by Gasteiger charge is 2.32. The van der Waals surface area contributed by atoms with Crippen LogP contribution in [0.15, 0.2) is 35.3 Å². The summed E-state index contributed by atoms with van der Waals surface area (Å²) in [4.78, 5) is 22.6. The topological polar surface area (TPSA) is 117 Å². The van der Waals surface area contributed by atoms with Gasteiger partial charge in [-0.1, -0.05) is 11.8 Å². The fourth-order valence-corrected chi connectivity index (χ4v) is 4.50. The number of likely N-dealkylation sites (N-methyl/N-ethyl adjacent to an activating group) is 1. The lowest BCUT2D eigenvalue weighted by Gasteiger charge is -2.30. The third-order valence-corrected chi connectivity index (χ3v) is 6.61. The van der Waals surface area contributed by atoms with Crippen LogP contribution in [0.25, 0.3) is 5.57 Å². The number of hydrogen-bond acceptors (Lipinski definition) is 7. The molecule has 3 N–H and O–H groups in total. The Balaban J connectivity index is 2.01. The SMILES string of the molecule is CNC(SC(N)=NC(=O)c1cnc(CC#N)cc1C1=CC(C(F)F)N(C)C=C1OC)C1CC1. The van der Waals surface area contributed by atoms with Gasteiger partial charge in [-0.05, 0) is 37.9 Å². The number of amides is 1. The molecule has 1 aliphatic heterocycles. The number of hydrogen-bond donors (Lipinski definition) is 2. The van der Waals surface area contributed by atoms with Gasteiger partial charge in [0.15, 0.2) is 5.17 Å². The molecule has 1 amide bonds. The van der Waals surface area contributed by atoms with Crippen molar-refractivity contribution in [3.05, 3.63) is 47.1 Å². The van der Waals surface area contributed by atoms with Crippen LogP contribution in [0.2, 0.25) is 0 Å². The van der Waals surface area contributed by atoms with Crippen molar-refractivity contribution in [2.75, 3.05) is 21.2 Å². The summed E-state index contributed by atoms with van der Waals surface area (Å²) in [6.45, 7) is 0. The monoisotopic (exact) mass is 476 g/mol. The molecule has 2 heterocycles. The van der Waals surface area contributed by atoms with E-state index in [-0.39, 0.29) is 22.5 Å². The Morgan fingerprint density at radius 1 is 1.52 bits per heavy atom. The first-order chi connectivity index (χ1) is 15.8. The maximum atomic E-state index is 13.6. The van der Waals surface area contributed by atoms with Gasteiger partial charge in [-0.15, -0.1) is 0 Å². The van der Waals surface area contributed by atoms with Crippen molar-refractivity contribution in [2.45, 2.75) is 37.1 Å². The fraction of sp³-hybridized carbons (Fsp3) is 0.455. The number of nitrogens with one attached hydrogen (secondary N) is 1. The average Bonchev–Trinajstić information content (AvgIpc) is 3.62. The Kier molecular flexibility index (Phi) is 8.05.